The topological polar surface area (TPSA) is 32.7 Å². The van der Waals surface area contributed by atoms with E-state index in [0.717, 1.165) is 38.3 Å². The van der Waals surface area contributed by atoms with E-state index in [0.29, 0.717) is 12.1 Å². The van der Waals surface area contributed by atoms with Gasteiger partial charge in [-0.05, 0) is 46.1 Å². The lowest BCUT2D eigenvalue weighted by Gasteiger charge is -2.39. The Morgan fingerprint density at radius 3 is 2.65 bits per heavy atom. The van der Waals surface area contributed by atoms with Gasteiger partial charge in [0.1, 0.15) is 0 Å². The smallest absolute Gasteiger partial charge is 0.0596 e. The van der Waals surface area contributed by atoms with Crippen LogP contribution in [0.15, 0.2) is 0 Å². The molecule has 0 amide bonds. The molecule has 0 heterocycles. The van der Waals surface area contributed by atoms with Gasteiger partial charge in [0.05, 0.1) is 18.8 Å². The van der Waals surface area contributed by atoms with E-state index in [9.17, 15) is 5.11 Å². The average Bonchev–Trinajstić information content (AvgIpc) is 2.28. The maximum absolute atomic E-state index is 9.80. The molecule has 0 saturated heterocycles. The number of likely N-dealkylation sites (N-methyl/N-ethyl adjacent to an activating group) is 1. The Labute approximate surface area is 106 Å². The van der Waals surface area contributed by atoms with Crippen molar-refractivity contribution in [3.05, 3.63) is 0 Å². The lowest BCUT2D eigenvalue weighted by atomic mass is 9.80. The average molecular weight is 243 g/mol. The van der Waals surface area contributed by atoms with Crippen molar-refractivity contribution < 1.29 is 9.84 Å². The molecule has 0 aliphatic heterocycles. The molecule has 102 valence electrons. The molecule has 0 aromatic heterocycles. The highest BCUT2D eigenvalue weighted by molar-refractivity contribution is 4.85. The second-order valence-electron chi connectivity index (χ2n) is 5.60. The van der Waals surface area contributed by atoms with Crippen molar-refractivity contribution in [1.29, 1.82) is 0 Å². The largest absolute Gasteiger partial charge is 0.393 e. The Kier molecular flexibility index (Phi) is 6.45. The standard InChI is InChI=1S/C14H29NO2/c1-5-12-6-7-13(16)10-14(12)15(4)8-9-17-11(2)3/h11-14,16H,5-10H2,1-4H3. The summed E-state index contributed by atoms with van der Waals surface area (Å²) in [7, 11) is 2.16. The molecule has 0 bridgehead atoms. The van der Waals surface area contributed by atoms with Crippen LogP contribution in [0.4, 0.5) is 0 Å². The molecule has 0 radical (unpaired) electrons. The third-order valence-electron chi connectivity index (χ3n) is 3.91. The maximum Gasteiger partial charge on any atom is 0.0596 e. The van der Waals surface area contributed by atoms with Crippen LogP contribution in [0.3, 0.4) is 0 Å². The van der Waals surface area contributed by atoms with Crippen molar-refractivity contribution >= 4 is 0 Å². The highest BCUT2D eigenvalue weighted by Crippen LogP contribution is 2.30. The van der Waals surface area contributed by atoms with E-state index in [1.807, 2.05) is 0 Å². The molecule has 0 aromatic rings. The van der Waals surface area contributed by atoms with E-state index in [4.69, 9.17) is 4.74 Å². The van der Waals surface area contributed by atoms with Gasteiger partial charge < -0.3 is 14.7 Å². The van der Waals surface area contributed by atoms with Crippen molar-refractivity contribution in [3.8, 4) is 0 Å². The zero-order valence-corrected chi connectivity index (χ0v) is 11.9. The van der Waals surface area contributed by atoms with Crippen molar-refractivity contribution in [2.75, 3.05) is 20.2 Å². The van der Waals surface area contributed by atoms with E-state index in [1.54, 1.807) is 0 Å². The summed E-state index contributed by atoms with van der Waals surface area (Å²) in [5.74, 6) is 0.738. The first-order valence-corrected chi connectivity index (χ1v) is 7.04. The van der Waals surface area contributed by atoms with Crippen LogP contribution in [0, 0.1) is 5.92 Å². The minimum Gasteiger partial charge on any atom is -0.393 e. The monoisotopic (exact) mass is 243 g/mol. The summed E-state index contributed by atoms with van der Waals surface area (Å²) in [5.41, 5.74) is 0. The SMILES string of the molecule is CCC1CCC(O)CC1N(C)CCOC(C)C. The van der Waals surface area contributed by atoms with E-state index in [2.05, 4.69) is 32.7 Å². The highest BCUT2D eigenvalue weighted by Gasteiger charge is 2.30. The van der Waals surface area contributed by atoms with Crippen LogP contribution in [-0.4, -0.2) is 48.5 Å². The maximum atomic E-state index is 9.80. The summed E-state index contributed by atoms with van der Waals surface area (Å²) in [4.78, 5) is 2.37. The lowest BCUT2D eigenvalue weighted by Crippen LogP contribution is -2.45. The van der Waals surface area contributed by atoms with Crippen LogP contribution in [0.2, 0.25) is 0 Å². The Morgan fingerprint density at radius 1 is 1.35 bits per heavy atom. The fourth-order valence-corrected chi connectivity index (χ4v) is 2.80. The summed E-state index contributed by atoms with van der Waals surface area (Å²) in [6.07, 6.45) is 4.49. The van der Waals surface area contributed by atoms with Gasteiger partial charge >= 0.3 is 0 Å². The number of aliphatic hydroxyl groups excluding tert-OH is 1. The Hall–Kier alpha value is -0.120. The van der Waals surface area contributed by atoms with Crippen LogP contribution < -0.4 is 0 Å². The molecule has 1 rings (SSSR count). The second-order valence-corrected chi connectivity index (χ2v) is 5.60. The van der Waals surface area contributed by atoms with Crippen molar-refractivity contribution in [3.63, 3.8) is 0 Å². The van der Waals surface area contributed by atoms with E-state index < -0.39 is 0 Å². The highest BCUT2D eigenvalue weighted by atomic mass is 16.5. The third kappa shape index (κ3) is 4.94. The predicted molar refractivity (Wildman–Crippen MR) is 71.1 cm³/mol. The van der Waals surface area contributed by atoms with Crippen molar-refractivity contribution in [1.82, 2.24) is 4.90 Å². The predicted octanol–water partition coefficient (Wildman–Crippen LogP) is 2.28. The summed E-state index contributed by atoms with van der Waals surface area (Å²) in [6.45, 7) is 8.15. The fraction of sp³-hybridized carbons (Fsp3) is 1.00. The number of rotatable bonds is 6. The van der Waals surface area contributed by atoms with E-state index in [1.165, 1.54) is 6.42 Å². The van der Waals surface area contributed by atoms with Crippen LogP contribution >= 0.6 is 0 Å². The zero-order chi connectivity index (χ0) is 12.8. The molecular formula is C14H29NO2. The molecule has 3 heteroatoms. The van der Waals surface area contributed by atoms with Gasteiger partial charge in [-0.2, -0.15) is 0 Å². The molecule has 1 aliphatic carbocycles. The van der Waals surface area contributed by atoms with Gasteiger partial charge in [-0.15, -0.1) is 0 Å². The molecule has 17 heavy (non-hydrogen) atoms. The van der Waals surface area contributed by atoms with E-state index >= 15 is 0 Å². The van der Waals surface area contributed by atoms with Gasteiger partial charge in [0.25, 0.3) is 0 Å². The van der Waals surface area contributed by atoms with Gasteiger partial charge in [-0.1, -0.05) is 13.3 Å². The van der Waals surface area contributed by atoms with Crippen LogP contribution in [0.25, 0.3) is 0 Å². The summed E-state index contributed by atoms with van der Waals surface area (Å²) >= 11 is 0. The molecule has 1 aliphatic rings. The molecular weight excluding hydrogens is 214 g/mol. The molecule has 0 spiro atoms. The first-order chi connectivity index (χ1) is 8.04. The number of hydrogen-bond acceptors (Lipinski definition) is 3. The molecule has 3 unspecified atom stereocenters. The molecule has 1 N–H and O–H groups in total. The fourth-order valence-electron chi connectivity index (χ4n) is 2.80. The Bertz CT molecular complexity index is 208. The normalized spacial score (nSPS) is 30.2. The minimum absolute atomic E-state index is 0.101. The number of hydrogen-bond donors (Lipinski definition) is 1. The van der Waals surface area contributed by atoms with Crippen LogP contribution in [0.1, 0.15) is 46.5 Å². The third-order valence-corrected chi connectivity index (χ3v) is 3.91. The number of ether oxygens (including phenoxy) is 1. The molecule has 3 atom stereocenters. The summed E-state index contributed by atoms with van der Waals surface area (Å²) < 4.78 is 5.59. The Morgan fingerprint density at radius 2 is 2.06 bits per heavy atom. The van der Waals surface area contributed by atoms with Gasteiger partial charge in [0, 0.05) is 12.6 Å². The van der Waals surface area contributed by atoms with Crippen LogP contribution in [0.5, 0.6) is 0 Å². The van der Waals surface area contributed by atoms with Gasteiger partial charge in [0.2, 0.25) is 0 Å². The summed E-state index contributed by atoms with van der Waals surface area (Å²) in [6, 6.07) is 0.527. The number of nitrogens with zero attached hydrogens (tertiary/aromatic N) is 1. The van der Waals surface area contributed by atoms with Gasteiger partial charge in [-0.3, -0.25) is 0 Å². The van der Waals surface area contributed by atoms with E-state index in [-0.39, 0.29) is 6.10 Å². The van der Waals surface area contributed by atoms with Crippen molar-refractivity contribution in [2.24, 2.45) is 5.92 Å². The molecule has 1 fully saturated rings. The number of aliphatic hydroxyl groups is 1. The second kappa shape index (κ2) is 7.34. The molecule has 0 aromatic carbocycles. The van der Waals surface area contributed by atoms with Gasteiger partial charge in [0.15, 0.2) is 0 Å². The quantitative estimate of drug-likeness (QED) is 0.777. The molecule has 3 nitrogen and oxygen atoms in total. The minimum atomic E-state index is -0.101. The van der Waals surface area contributed by atoms with Gasteiger partial charge in [-0.25, -0.2) is 0 Å². The summed E-state index contributed by atoms with van der Waals surface area (Å²) in [5, 5.41) is 9.80. The first-order valence-electron chi connectivity index (χ1n) is 7.04. The molecule has 1 saturated carbocycles. The van der Waals surface area contributed by atoms with Crippen molar-refractivity contribution in [2.45, 2.75) is 64.7 Å². The Balaban J connectivity index is 2.38. The zero-order valence-electron chi connectivity index (χ0n) is 11.9. The lowest BCUT2D eigenvalue weighted by molar-refractivity contribution is 0.0115. The first kappa shape index (κ1) is 14.9. The van der Waals surface area contributed by atoms with Crippen LogP contribution in [-0.2, 0) is 4.74 Å².